The number of amides is 2. The van der Waals surface area contributed by atoms with Gasteiger partial charge in [-0.2, -0.15) is 13.2 Å². The molecule has 2 amide bonds. The molecule has 6 heteroatoms. The molecular weight excluding hydrogens is 185 g/mol. The normalized spacial score (nSPS) is 11.2. The van der Waals surface area contributed by atoms with Gasteiger partial charge in [0.15, 0.2) is 0 Å². The maximum atomic E-state index is 11.8. The molecule has 0 atom stereocenters. The minimum Gasteiger partial charge on any atom is -0.338 e. The molecule has 0 bridgehead atoms. The van der Waals surface area contributed by atoms with Crippen molar-refractivity contribution in [1.82, 2.24) is 10.2 Å². The second kappa shape index (κ2) is 4.94. The summed E-state index contributed by atoms with van der Waals surface area (Å²) in [4.78, 5) is 11.5. The van der Waals surface area contributed by atoms with Gasteiger partial charge in [-0.1, -0.05) is 6.92 Å². The lowest BCUT2D eigenvalue weighted by Gasteiger charge is -2.19. The average Bonchev–Trinajstić information content (AvgIpc) is 1.96. The van der Waals surface area contributed by atoms with E-state index in [0.29, 0.717) is 17.9 Å². The van der Waals surface area contributed by atoms with E-state index in [1.165, 1.54) is 0 Å². The summed E-state index contributed by atoms with van der Waals surface area (Å²) in [6.45, 7) is 0.994. The summed E-state index contributed by atoms with van der Waals surface area (Å²) in [6, 6.07) is -0.695. The van der Waals surface area contributed by atoms with Crippen molar-refractivity contribution >= 4 is 6.03 Å². The molecule has 0 aromatic rings. The number of carbonyl (C=O) groups excluding carboxylic acids is 1. The van der Waals surface area contributed by atoms with Crippen molar-refractivity contribution in [2.75, 3.05) is 20.1 Å². The molecule has 0 aliphatic carbocycles. The SMILES string of the molecule is CCCNC(=O)N(C)CC(F)(F)F. The Hall–Kier alpha value is -0.940. The fourth-order valence-electron chi connectivity index (χ4n) is 0.708. The average molecular weight is 198 g/mol. The van der Waals surface area contributed by atoms with E-state index in [1.54, 1.807) is 0 Å². The standard InChI is InChI=1S/C7H13F3N2O/c1-3-4-11-6(13)12(2)5-7(8,9)10/h3-5H2,1-2H3,(H,11,13). The van der Waals surface area contributed by atoms with E-state index in [2.05, 4.69) is 5.32 Å². The fourth-order valence-corrected chi connectivity index (χ4v) is 0.708. The van der Waals surface area contributed by atoms with Gasteiger partial charge in [-0.05, 0) is 6.42 Å². The van der Waals surface area contributed by atoms with Gasteiger partial charge in [-0.3, -0.25) is 0 Å². The summed E-state index contributed by atoms with van der Waals surface area (Å²) < 4.78 is 35.3. The minimum atomic E-state index is -4.34. The first kappa shape index (κ1) is 12.1. The summed E-state index contributed by atoms with van der Waals surface area (Å²) >= 11 is 0. The summed E-state index contributed by atoms with van der Waals surface area (Å²) in [7, 11) is 1.11. The van der Waals surface area contributed by atoms with E-state index in [0.717, 1.165) is 7.05 Å². The van der Waals surface area contributed by atoms with Gasteiger partial charge in [-0.25, -0.2) is 4.79 Å². The van der Waals surface area contributed by atoms with Crippen molar-refractivity contribution < 1.29 is 18.0 Å². The maximum Gasteiger partial charge on any atom is 0.406 e. The second-order valence-corrected chi connectivity index (χ2v) is 2.70. The highest BCUT2D eigenvalue weighted by molar-refractivity contribution is 5.73. The Morgan fingerprint density at radius 2 is 2.00 bits per heavy atom. The van der Waals surface area contributed by atoms with Gasteiger partial charge in [0, 0.05) is 13.6 Å². The van der Waals surface area contributed by atoms with Crippen LogP contribution in [0, 0.1) is 0 Å². The summed E-state index contributed by atoms with van der Waals surface area (Å²) in [5, 5.41) is 2.34. The fraction of sp³-hybridized carbons (Fsp3) is 0.857. The second-order valence-electron chi connectivity index (χ2n) is 2.70. The molecule has 78 valence electrons. The Morgan fingerprint density at radius 1 is 1.46 bits per heavy atom. The zero-order chi connectivity index (χ0) is 10.5. The molecule has 0 rings (SSSR count). The van der Waals surface area contributed by atoms with Crippen LogP contribution in [0.2, 0.25) is 0 Å². The van der Waals surface area contributed by atoms with Crippen LogP contribution in [0.15, 0.2) is 0 Å². The topological polar surface area (TPSA) is 32.3 Å². The van der Waals surface area contributed by atoms with Crippen LogP contribution in [-0.4, -0.2) is 37.2 Å². The number of hydrogen-bond acceptors (Lipinski definition) is 1. The zero-order valence-corrected chi connectivity index (χ0v) is 7.61. The van der Waals surface area contributed by atoms with Gasteiger partial charge in [0.05, 0.1) is 0 Å². The molecule has 0 heterocycles. The summed E-state index contributed by atoms with van der Waals surface area (Å²) in [6.07, 6.45) is -3.64. The van der Waals surface area contributed by atoms with Gasteiger partial charge in [0.2, 0.25) is 0 Å². The third-order valence-corrected chi connectivity index (χ3v) is 1.29. The quantitative estimate of drug-likeness (QED) is 0.734. The van der Waals surface area contributed by atoms with E-state index in [4.69, 9.17) is 0 Å². The monoisotopic (exact) mass is 198 g/mol. The number of rotatable bonds is 3. The molecule has 0 aromatic carbocycles. The Morgan fingerprint density at radius 3 is 2.38 bits per heavy atom. The van der Waals surface area contributed by atoms with Crippen LogP contribution in [0.25, 0.3) is 0 Å². The highest BCUT2D eigenvalue weighted by Gasteiger charge is 2.30. The van der Waals surface area contributed by atoms with Crippen molar-refractivity contribution in [1.29, 1.82) is 0 Å². The molecule has 0 unspecified atom stereocenters. The molecule has 0 aliphatic rings. The molecule has 1 N–H and O–H groups in total. The van der Waals surface area contributed by atoms with Crippen molar-refractivity contribution in [3.63, 3.8) is 0 Å². The lowest BCUT2D eigenvalue weighted by molar-refractivity contribution is -0.137. The van der Waals surface area contributed by atoms with Crippen LogP contribution in [0.5, 0.6) is 0 Å². The van der Waals surface area contributed by atoms with E-state index >= 15 is 0 Å². The number of urea groups is 1. The number of hydrogen-bond donors (Lipinski definition) is 1. The largest absolute Gasteiger partial charge is 0.406 e. The minimum absolute atomic E-state index is 0.390. The Bertz CT molecular complexity index is 170. The molecule has 0 aromatic heterocycles. The molecule has 0 fully saturated rings. The molecule has 0 aliphatic heterocycles. The number of alkyl halides is 3. The Labute approximate surface area is 74.9 Å². The van der Waals surface area contributed by atoms with Crippen molar-refractivity contribution in [2.45, 2.75) is 19.5 Å². The number of halogens is 3. The lowest BCUT2D eigenvalue weighted by Crippen LogP contribution is -2.42. The van der Waals surface area contributed by atoms with Gasteiger partial charge >= 0.3 is 12.2 Å². The van der Waals surface area contributed by atoms with Crippen molar-refractivity contribution in [3.8, 4) is 0 Å². The van der Waals surface area contributed by atoms with Crippen molar-refractivity contribution in [3.05, 3.63) is 0 Å². The molecule has 0 radical (unpaired) electrons. The first-order chi connectivity index (χ1) is 5.87. The van der Waals surface area contributed by atoms with Gasteiger partial charge < -0.3 is 10.2 Å². The maximum absolute atomic E-state index is 11.8. The first-order valence-electron chi connectivity index (χ1n) is 3.92. The number of nitrogens with zero attached hydrogens (tertiary/aromatic N) is 1. The highest BCUT2D eigenvalue weighted by Crippen LogP contribution is 2.15. The number of carbonyl (C=O) groups is 1. The van der Waals surface area contributed by atoms with Gasteiger partial charge in [0.1, 0.15) is 6.54 Å². The first-order valence-corrected chi connectivity index (χ1v) is 3.92. The van der Waals surface area contributed by atoms with Crippen LogP contribution in [0.3, 0.4) is 0 Å². The van der Waals surface area contributed by atoms with Crippen LogP contribution in [0.1, 0.15) is 13.3 Å². The van der Waals surface area contributed by atoms with Crippen LogP contribution in [0.4, 0.5) is 18.0 Å². The van der Waals surface area contributed by atoms with Gasteiger partial charge in [0.25, 0.3) is 0 Å². The zero-order valence-electron chi connectivity index (χ0n) is 7.61. The lowest BCUT2D eigenvalue weighted by atomic mass is 10.5. The van der Waals surface area contributed by atoms with Gasteiger partial charge in [-0.15, -0.1) is 0 Å². The van der Waals surface area contributed by atoms with Crippen LogP contribution in [-0.2, 0) is 0 Å². The van der Waals surface area contributed by atoms with E-state index in [-0.39, 0.29) is 0 Å². The summed E-state index contributed by atoms with van der Waals surface area (Å²) in [5.41, 5.74) is 0. The van der Waals surface area contributed by atoms with Crippen LogP contribution >= 0.6 is 0 Å². The Kier molecular flexibility index (Phi) is 4.58. The van der Waals surface area contributed by atoms with E-state index in [1.807, 2.05) is 6.92 Å². The molecule has 0 saturated heterocycles. The third-order valence-electron chi connectivity index (χ3n) is 1.29. The predicted octanol–water partition coefficient (Wildman–Crippen LogP) is 1.60. The molecule has 0 saturated carbocycles. The molecule has 13 heavy (non-hydrogen) atoms. The molecule has 3 nitrogen and oxygen atoms in total. The van der Waals surface area contributed by atoms with E-state index in [9.17, 15) is 18.0 Å². The molecule has 0 spiro atoms. The molecular formula is C7H13F3N2O. The Balaban J connectivity index is 3.83. The van der Waals surface area contributed by atoms with E-state index < -0.39 is 18.8 Å². The van der Waals surface area contributed by atoms with Crippen molar-refractivity contribution in [2.24, 2.45) is 0 Å². The highest BCUT2D eigenvalue weighted by atomic mass is 19.4. The smallest absolute Gasteiger partial charge is 0.338 e. The number of nitrogens with one attached hydrogen (secondary N) is 1. The predicted molar refractivity (Wildman–Crippen MR) is 42.4 cm³/mol. The summed E-state index contributed by atoms with van der Waals surface area (Å²) in [5.74, 6) is 0. The van der Waals surface area contributed by atoms with Crippen LogP contribution < -0.4 is 5.32 Å². The third kappa shape index (κ3) is 6.24.